The SMILES string of the molecule is Nc1ncnc2c1ncn2[C@@H]1O[C@H](CO)[C@@H](OP(=O)(O)OC[C@H]2O[C@@H](n3ccc(=O)[nH]c3=O)[C@H](O)[C@@H]2O)[C@H]1OP(=O)(O)O. The molecule has 1 unspecified atom stereocenters. The number of hydrogen-bond acceptors (Lipinski definition) is 16. The fourth-order valence-corrected chi connectivity index (χ4v) is 6.11. The smallest absolute Gasteiger partial charge is 0.394 e. The molecule has 3 aromatic rings. The number of nitrogens with two attached hydrogens (primary N) is 1. The van der Waals surface area contributed by atoms with E-state index in [4.69, 9.17) is 28.8 Å². The first-order valence-electron chi connectivity index (χ1n) is 12.1. The highest BCUT2D eigenvalue weighted by Crippen LogP contribution is 2.52. The van der Waals surface area contributed by atoms with E-state index in [9.17, 15) is 48.7 Å². The Morgan fingerprint density at radius 1 is 0.977 bits per heavy atom. The van der Waals surface area contributed by atoms with Crippen LogP contribution in [0.15, 0.2) is 34.5 Å². The third-order valence-electron chi connectivity index (χ3n) is 6.51. The van der Waals surface area contributed by atoms with E-state index in [-0.39, 0.29) is 17.0 Å². The van der Waals surface area contributed by atoms with Crippen LogP contribution in [0, 0.1) is 0 Å². The normalized spacial score (nSPS) is 31.0. The van der Waals surface area contributed by atoms with Gasteiger partial charge in [-0.05, 0) is 0 Å². The lowest BCUT2D eigenvalue weighted by molar-refractivity contribution is -0.0610. The molecule has 24 heteroatoms. The topological polar surface area (TPSA) is 326 Å². The van der Waals surface area contributed by atoms with E-state index in [1.165, 1.54) is 0 Å². The number of phosphoric acid groups is 2. The zero-order valence-corrected chi connectivity index (χ0v) is 23.2. The Labute approximate surface area is 238 Å². The Kier molecular flexibility index (Phi) is 8.68. The zero-order valence-electron chi connectivity index (χ0n) is 21.4. The van der Waals surface area contributed by atoms with Gasteiger partial charge < -0.3 is 45.2 Å². The molecule has 0 amide bonds. The number of aliphatic hydroxyl groups excluding tert-OH is 3. The van der Waals surface area contributed by atoms with Gasteiger partial charge in [-0.15, -0.1) is 0 Å². The highest BCUT2D eigenvalue weighted by atomic mass is 31.2. The Morgan fingerprint density at radius 2 is 1.70 bits per heavy atom. The summed E-state index contributed by atoms with van der Waals surface area (Å²) in [5.74, 6) is -0.0388. The van der Waals surface area contributed by atoms with Gasteiger partial charge >= 0.3 is 21.3 Å². The van der Waals surface area contributed by atoms with Gasteiger partial charge in [-0.3, -0.25) is 32.5 Å². The van der Waals surface area contributed by atoms with E-state index in [1.54, 1.807) is 0 Å². The number of hydrogen-bond donors (Lipinski definition) is 8. The Balaban J connectivity index is 1.35. The molecule has 2 saturated heterocycles. The first-order chi connectivity index (χ1) is 20.2. The van der Waals surface area contributed by atoms with Crippen LogP contribution in [-0.2, 0) is 32.2 Å². The molecule has 0 aromatic carbocycles. The number of ether oxygens (including phenoxy) is 2. The fourth-order valence-electron chi connectivity index (χ4n) is 4.61. The predicted molar refractivity (Wildman–Crippen MR) is 136 cm³/mol. The molecular weight excluding hydrogens is 628 g/mol. The second-order valence-electron chi connectivity index (χ2n) is 9.29. The lowest BCUT2D eigenvalue weighted by Gasteiger charge is -2.26. The van der Waals surface area contributed by atoms with Crippen molar-refractivity contribution < 1.29 is 62.2 Å². The summed E-state index contributed by atoms with van der Waals surface area (Å²) in [7, 11) is -10.6. The molecule has 5 rings (SSSR count). The largest absolute Gasteiger partial charge is 0.472 e. The maximum Gasteiger partial charge on any atom is 0.472 e. The second kappa shape index (κ2) is 11.9. The van der Waals surface area contributed by atoms with Gasteiger partial charge in [0.2, 0.25) is 0 Å². The fraction of sp³-hybridized carbons (Fsp3) is 0.526. The van der Waals surface area contributed by atoms with Gasteiger partial charge in [0.1, 0.15) is 48.5 Å². The third kappa shape index (κ3) is 6.47. The summed E-state index contributed by atoms with van der Waals surface area (Å²) in [6, 6.07) is 0.961. The average molecular weight is 653 g/mol. The zero-order chi connectivity index (χ0) is 31.3. The number of H-pyrrole nitrogens is 1. The molecule has 9 N–H and O–H groups in total. The highest BCUT2D eigenvalue weighted by molar-refractivity contribution is 7.47. The number of aromatic amines is 1. The summed E-state index contributed by atoms with van der Waals surface area (Å²) in [5.41, 5.74) is 4.19. The van der Waals surface area contributed by atoms with E-state index in [0.29, 0.717) is 0 Å². The second-order valence-corrected chi connectivity index (χ2v) is 11.9. The van der Waals surface area contributed by atoms with Crippen molar-refractivity contribution in [1.29, 1.82) is 0 Å². The molecule has 0 bridgehead atoms. The number of anilines is 1. The van der Waals surface area contributed by atoms with Crippen LogP contribution in [0.5, 0.6) is 0 Å². The molecule has 9 atom stereocenters. The molecule has 22 nitrogen and oxygen atoms in total. The number of imidazole rings is 1. The van der Waals surface area contributed by atoms with Crippen LogP contribution in [0.4, 0.5) is 5.82 Å². The van der Waals surface area contributed by atoms with Crippen molar-refractivity contribution in [3.8, 4) is 0 Å². The van der Waals surface area contributed by atoms with Gasteiger partial charge in [-0.2, -0.15) is 0 Å². The lowest BCUT2D eigenvalue weighted by atomic mass is 10.1. The summed E-state index contributed by atoms with van der Waals surface area (Å²) in [5, 5.41) is 30.6. The molecule has 2 aliphatic heterocycles. The minimum Gasteiger partial charge on any atom is -0.394 e. The molecule has 0 aliphatic carbocycles. The number of aliphatic hydroxyl groups is 3. The number of nitrogens with one attached hydrogen (secondary N) is 1. The van der Waals surface area contributed by atoms with Crippen molar-refractivity contribution in [1.82, 2.24) is 29.1 Å². The predicted octanol–water partition coefficient (Wildman–Crippen LogP) is -3.55. The molecule has 43 heavy (non-hydrogen) atoms. The maximum atomic E-state index is 13.0. The molecule has 0 radical (unpaired) electrons. The minimum absolute atomic E-state index is 0.0275. The van der Waals surface area contributed by atoms with Crippen LogP contribution < -0.4 is 17.0 Å². The molecule has 3 aromatic heterocycles. The third-order valence-corrected chi connectivity index (χ3v) is 8.01. The number of phosphoric ester groups is 2. The number of nitrogen functional groups attached to an aromatic ring is 1. The Bertz CT molecular complexity index is 1690. The van der Waals surface area contributed by atoms with Gasteiger partial charge in [0.15, 0.2) is 23.9 Å². The van der Waals surface area contributed by atoms with Gasteiger partial charge in [-0.1, -0.05) is 0 Å². The van der Waals surface area contributed by atoms with E-state index in [0.717, 1.165) is 34.1 Å². The van der Waals surface area contributed by atoms with E-state index < -0.39 is 89.2 Å². The van der Waals surface area contributed by atoms with Crippen molar-refractivity contribution in [2.45, 2.75) is 49.1 Å². The number of rotatable bonds is 10. The molecule has 5 heterocycles. The van der Waals surface area contributed by atoms with Crippen LogP contribution in [0.2, 0.25) is 0 Å². The van der Waals surface area contributed by atoms with Crippen LogP contribution in [0.1, 0.15) is 12.5 Å². The van der Waals surface area contributed by atoms with Crippen LogP contribution >= 0.6 is 15.6 Å². The van der Waals surface area contributed by atoms with Gasteiger partial charge in [-0.25, -0.2) is 28.9 Å². The summed E-state index contributed by atoms with van der Waals surface area (Å²) in [6.07, 6.45) is -10.1. The number of fused-ring (bicyclic) bond motifs is 1. The molecular formula is C19H25N7O15P2. The van der Waals surface area contributed by atoms with E-state index >= 15 is 0 Å². The first kappa shape index (κ1) is 31.5. The molecule has 2 fully saturated rings. The summed E-state index contributed by atoms with van der Waals surface area (Å²) < 4.78 is 52.6. The Morgan fingerprint density at radius 3 is 2.37 bits per heavy atom. The summed E-state index contributed by atoms with van der Waals surface area (Å²) in [4.78, 5) is 66.7. The van der Waals surface area contributed by atoms with Gasteiger partial charge in [0.25, 0.3) is 5.56 Å². The van der Waals surface area contributed by atoms with Gasteiger partial charge in [0.05, 0.1) is 19.5 Å². The molecule has 236 valence electrons. The molecule has 2 aliphatic rings. The highest BCUT2D eigenvalue weighted by Gasteiger charge is 2.53. The van der Waals surface area contributed by atoms with E-state index in [1.807, 2.05) is 4.98 Å². The standard InChI is InChI=1S/C19H25N7O15P2/c20-15-10-16(22-5-21-15)26(6-23-10)18-14(40-42(32,33)34)13(7(3-27)38-18)41-43(35,36)37-4-8-11(29)12(30)17(39-8)25-2-1-9(28)24-19(25)31/h1-2,5-8,11-14,17-18,27,29-30H,3-4H2,(H,35,36)(H2,20,21,22)(H,24,28,31)(H2,32,33,34)/t7-,8-,11-,12-,13-,14-,17-,18-/m1/s1. The number of aromatic nitrogens is 6. The van der Waals surface area contributed by atoms with E-state index in [2.05, 4.69) is 15.0 Å². The molecule has 0 saturated carbocycles. The first-order valence-corrected chi connectivity index (χ1v) is 15.1. The van der Waals surface area contributed by atoms with Crippen molar-refractivity contribution in [2.75, 3.05) is 18.9 Å². The van der Waals surface area contributed by atoms with Crippen molar-refractivity contribution in [3.63, 3.8) is 0 Å². The maximum absolute atomic E-state index is 13.0. The van der Waals surface area contributed by atoms with Crippen molar-refractivity contribution in [2.24, 2.45) is 0 Å². The summed E-state index contributed by atoms with van der Waals surface area (Å²) >= 11 is 0. The average Bonchev–Trinajstić information content (AvgIpc) is 3.57. The van der Waals surface area contributed by atoms with Gasteiger partial charge in [0, 0.05) is 12.3 Å². The molecule has 0 spiro atoms. The van der Waals surface area contributed by atoms with Crippen LogP contribution in [-0.4, -0.2) is 109 Å². The van der Waals surface area contributed by atoms with Crippen molar-refractivity contribution in [3.05, 3.63) is 45.8 Å². The van der Waals surface area contributed by atoms with Crippen LogP contribution in [0.3, 0.4) is 0 Å². The quantitative estimate of drug-likeness (QED) is 0.0981. The van der Waals surface area contributed by atoms with Crippen molar-refractivity contribution >= 4 is 32.6 Å². The lowest BCUT2D eigenvalue weighted by Crippen LogP contribution is -2.38. The Hall–Kier alpha value is -2.95. The monoisotopic (exact) mass is 653 g/mol. The van der Waals surface area contributed by atoms with Crippen LogP contribution in [0.25, 0.3) is 11.2 Å². The minimum atomic E-state index is -5.33. The number of nitrogens with zero attached hydrogens (tertiary/aromatic N) is 5. The summed E-state index contributed by atoms with van der Waals surface area (Å²) in [6.45, 7) is -1.80.